The number of hydrogen-bond acceptors (Lipinski definition) is 6. The lowest BCUT2D eigenvalue weighted by Crippen LogP contribution is -2.64. The third-order valence-corrected chi connectivity index (χ3v) is 4.62. The second-order valence-electron chi connectivity index (χ2n) is 6.48. The van der Waals surface area contributed by atoms with Crippen molar-refractivity contribution in [2.24, 2.45) is 0 Å². The van der Waals surface area contributed by atoms with Gasteiger partial charge in [0, 0.05) is 0 Å². The Labute approximate surface area is 152 Å². The molecule has 6 heteroatoms. The summed E-state index contributed by atoms with van der Waals surface area (Å²) in [5.41, 5.74) is 1.74. The molecule has 0 amide bonds. The molecule has 1 fully saturated rings. The van der Waals surface area contributed by atoms with Crippen LogP contribution in [0, 0.1) is 0 Å². The highest BCUT2D eigenvalue weighted by Gasteiger charge is 2.50. The molecule has 0 unspecified atom stereocenters. The van der Waals surface area contributed by atoms with Gasteiger partial charge in [-0.05, 0) is 11.1 Å². The van der Waals surface area contributed by atoms with E-state index in [2.05, 4.69) is 0 Å². The fraction of sp³-hybridized carbons (Fsp3) is 0.400. The van der Waals surface area contributed by atoms with Crippen molar-refractivity contribution in [3.63, 3.8) is 0 Å². The Morgan fingerprint density at radius 3 is 1.31 bits per heavy atom. The molecule has 2 aromatic rings. The van der Waals surface area contributed by atoms with E-state index in [4.69, 9.17) is 9.47 Å². The molecular formula is C20H24O6. The Bertz CT molecular complexity index is 607. The van der Waals surface area contributed by atoms with Gasteiger partial charge in [0.2, 0.25) is 0 Å². The summed E-state index contributed by atoms with van der Waals surface area (Å²) in [5.74, 6) is 0. The molecule has 0 spiro atoms. The van der Waals surface area contributed by atoms with Crippen LogP contribution >= 0.6 is 0 Å². The molecule has 0 radical (unpaired) electrons. The van der Waals surface area contributed by atoms with Crippen LogP contribution < -0.4 is 0 Å². The van der Waals surface area contributed by atoms with Crippen LogP contribution in [0.2, 0.25) is 0 Å². The van der Waals surface area contributed by atoms with Crippen molar-refractivity contribution >= 4 is 0 Å². The standard InChI is InChI=1S/C20H24O6/c21-15-16(22)19(25-11-13-7-3-1-4-8-13)18(24)20(17(15)23)26-12-14-9-5-2-6-10-14/h1-10,15-24H,11-12H2/t15-,16-,17+,18-,19-,20-/m1/s1. The third-order valence-electron chi connectivity index (χ3n) is 4.62. The number of aliphatic hydroxyl groups is 4. The highest BCUT2D eigenvalue weighted by Crippen LogP contribution is 2.27. The lowest BCUT2D eigenvalue weighted by atomic mass is 9.84. The maximum atomic E-state index is 10.6. The van der Waals surface area contributed by atoms with E-state index in [0.717, 1.165) is 11.1 Å². The van der Waals surface area contributed by atoms with Crippen LogP contribution in [-0.2, 0) is 22.7 Å². The zero-order valence-corrected chi connectivity index (χ0v) is 14.3. The van der Waals surface area contributed by atoms with Crippen LogP contribution in [0.3, 0.4) is 0 Å². The number of rotatable bonds is 6. The van der Waals surface area contributed by atoms with E-state index in [0.29, 0.717) is 0 Å². The maximum absolute atomic E-state index is 10.6. The van der Waals surface area contributed by atoms with Gasteiger partial charge in [-0.1, -0.05) is 60.7 Å². The van der Waals surface area contributed by atoms with Gasteiger partial charge >= 0.3 is 0 Å². The third kappa shape index (κ3) is 4.29. The van der Waals surface area contributed by atoms with Crippen LogP contribution in [0.1, 0.15) is 11.1 Å². The average Bonchev–Trinajstić information content (AvgIpc) is 2.68. The minimum Gasteiger partial charge on any atom is -0.387 e. The van der Waals surface area contributed by atoms with E-state index in [9.17, 15) is 20.4 Å². The molecule has 26 heavy (non-hydrogen) atoms. The molecule has 2 aromatic carbocycles. The van der Waals surface area contributed by atoms with Crippen LogP contribution in [0.4, 0.5) is 0 Å². The highest BCUT2D eigenvalue weighted by atomic mass is 16.5. The fourth-order valence-electron chi connectivity index (χ4n) is 3.11. The first kappa shape index (κ1) is 19.0. The molecule has 6 nitrogen and oxygen atoms in total. The van der Waals surface area contributed by atoms with Crippen LogP contribution in [0.5, 0.6) is 0 Å². The van der Waals surface area contributed by atoms with Crippen molar-refractivity contribution in [1.29, 1.82) is 0 Å². The molecule has 0 saturated heterocycles. The summed E-state index contributed by atoms with van der Waals surface area (Å²) >= 11 is 0. The van der Waals surface area contributed by atoms with E-state index in [-0.39, 0.29) is 13.2 Å². The van der Waals surface area contributed by atoms with Gasteiger partial charge in [-0.2, -0.15) is 0 Å². The molecule has 0 aromatic heterocycles. The first-order valence-electron chi connectivity index (χ1n) is 8.61. The summed E-state index contributed by atoms with van der Waals surface area (Å²) in [4.78, 5) is 0. The zero-order chi connectivity index (χ0) is 18.5. The summed E-state index contributed by atoms with van der Waals surface area (Å²) in [6.07, 6.45) is -7.74. The molecule has 3 rings (SSSR count). The smallest absolute Gasteiger partial charge is 0.115 e. The molecule has 0 aliphatic heterocycles. The predicted octanol–water partition coefficient (Wildman–Crippen LogP) is 0.614. The number of ether oxygens (including phenoxy) is 2. The SMILES string of the molecule is O[C@@H]1[C@@H](O)[C@@H](OCc2ccccc2)[C@@H](O)[C@H](OCc2ccccc2)[C@H]1O. The van der Waals surface area contributed by atoms with Gasteiger partial charge in [-0.25, -0.2) is 0 Å². The summed E-state index contributed by atoms with van der Waals surface area (Å²) < 4.78 is 11.3. The minimum absolute atomic E-state index is 0.161. The Morgan fingerprint density at radius 1 is 0.538 bits per heavy atom. The Balaban J connectivity index is 1.66. The van der Waals surface area contributed by atoms with Crippen molar-refractivity contribution in [2.75, 3.05) is 0 Å². The van der Waals surface area contributed by atoms with E-state index in [1.807, 2.05) is 60.7 Å². The van der Waals surface area contributed by atoms with Crippen LogP contribution in [-0.4, -0.2) is 57.0 Å². The van der Waals surface area contributed by atoms with Gasteiger partial charge in [0.25, 0.3) is 0 Å². The molecule has 4 N–H and O–H groups in total. The number of aliphatic hydroxyl groups excluding tert-OH is 4. The largest absolute Gasteiger partial charge is 0.387 e. The van der Waals surface area contributed by atoms with Gasteiger partial charge in [0.05, 0.1) is 13.2 Å². The topological polar surface area (TPSA) is 99.4 Å². The second-order valence-corrected chi connectivity index (χ2v) is 6.48. The first-order valence-corrected chi connectivity index (χ1v) is 8.61. The van der Waals surface area contributed by atoms with Gasteiger partial charge in [-0.3, -0.25) is 0 Å². The Morgan fingerprint density at radius 2 is 0.923 bits per heavy atom. The fourth-order valence-corrected chi connectivity index (χ4v) is 3.11. The van der Waals surface area contributed by atoms with Crippen molar-refractivity contribution < 1.29 is 29.9 Å². The quantitative estimate of drug-likeness (QED) is 0.603. The molecule has 140 valence electrons. The monoisotopic (exact) mass is 360 g/mol. The summed E-state index contributed by atoms with van der Waals surface area (Å²) in [6, 6.07) is 18.6. The average molecular weight is 360 g/mol. The summed E-state index contributed by atoms with van der Waals surface area (Å²) in [6.45, 7) is 0.321. The molecule has 0 heterocycles. The van der Waals surface area contributed by atoms with Crippen LogP contribution in [0.15, 0.2) is 60.7 Å². The number of benzene rings is 2. The lowest BCUT2D eigenvalue weighted by Gasteiger charge is -2.43. The second kappa shape index (κ2) is 8.73. The van der Waals surface area contributed by atoms with Gasteiger partial charge in [0.15, 0.2) is 0 Å². The van der Waals surface area contributed by atoms with Crippen molar-refractivity contribution in [1.82, 2.24) is 0 Å². The van der Waals surface area contributed by atoms with E-state index >= 15 is 0 Å². The molecule has 1 saturated carbocycles. The summed E-state index contributed by atoms with van der Waals surface area (Å²) in [7, 11) is 0. The summed E-state index contributed by atoms with van der Waals surface area (Å²) in [5, 5.41) is 41.1. The highest BCUT2D eigenvalue weighted by molar-refractivity contribution is 5.15. The predicted molar refractivity (Wildman–Crippen MR) is 94.1 cm³/mol. The minimum atomic E-state index is -1.47. The van der Waals surface area contributed by atoms with Crippen molar-refractivity contribution in [3.05, 3.63) is 71.8 Å². The van der Waals surface area contributed by atoms with E-state index in [1.165, 1.54) is 0 Å². The van der Waals surface area contributed by atoms with E-state index < -0.39 is 36.6 Å². The lowest BCUT2D eigenvalue weighted by molar-refractivity contribution is -0.250. The molecule has 0 bridgehead atoms. The van der Waals surface area contributed by atoms with Gasteiger partial charge in [-0.15, -0.1) is 0 Å². The van der Waals surface area contributed by atoms with Gasteiger partial charge in [0.1, 0.15) is 36.6 Å². The molecule has 6 atom stereocenters. The normalized spacial score (nSPS) is 31.7. The van der Waals surface area contributed by atoms with Crippen LogP contribution in [0.25, 0.3) is 0 Å². The van der Waals surface area contributed by atoms with Crippen molar-refractivity contribution in [3.8, 4) is 0 Å². The molecule has 1 aliphatic carbocycles. The van der Waals surface area contributed by atoms with E-state index in [1.54, 1.807) is 0 Å². The molecular weight excluding hydrogens is 336 g/mol. The van der Waals surface area contributed by atoms with Gasteiger partial charge < -0.3 is 29.9 Å². The molecule has 1 aliphatic rings. The Kier molecular flexibility index (Phi) is 6.37. The first-order chi connectivity index (χ1) is 12.6. The van der Waals surface area contributed by atoms with Crippen molar-refractivity contribution in [2.45, 2.75) is 49.8 Å². The zero-order valence-electron chi connectivity index (χ0n) is 14.3. The Hall–Kier alpha value is -1.80. The number of hydrogen-bond donors (Lipinski definition) is 4. The maximum Gasteiger partial charge on any atom is 0.115 e.